The lowest BCUT2D eigenvalue weighted by Crippen LogP contribution is -2.43. The van der Waals surface area contributed by atoms with Crippen LogP contribution in [0.3, 0.4) is 0 Å². The van der Waals surface area contributed by atoms with Crippen LogP contribution in [0.5, 0.6) is 0 Å². The highest BCUT2D eigenvalue weighted by Crippen LogP contribution is 2.25. The highest BCUT2D eigenvalue weighted by molar-refractivity contribution is 14.1. The van der Waals surface area contributed by atoms with Crippen LogP contribution in [0.2, 0.25) is 0 Å². The molecule has 0 aromatic heterocycles. The number of amides is 1. The normalized spacial score (nSPS) is 18.5. The molecule has 0 bridgehead atoms. The van der Waals surface area contributed by atoms with Gasteiger partial charge >= 0.3 is 0 Å². The summed E-state index contributed by atoms with van der Waals surface area (Å²) in [6.07, 6.45) is 1.37. The van der Waals surface area contributed by atoms with E-state index in [1.165, 1.54) is 4.31 Å². The summed E-state index contributed by atoms with van der Waals surface area (Å²) < 4.78 is 28.2. The van der Waals surface area contributed by atoms with Crippen LogP contribution in [0.4, 0.5) is 5.69 Å². The number of rotatable bonds is 4. The fourth-order valence-corrected chi connectivity index (χ4v) is 5.11. The van der Waals surface area contributed by atoms with Gasteiger partial charge in [-0.2, -0.15) is 4.31 Å². The Labute approximate surface area is 168 Å². The van der Waals surface area contributed by atoms with Gasteiger partial charge in [0.25, 0.3) is 0 Å². The van der Waals surface area contributed by atoms with Gasteiger partial charge in [0, 0.05) is 22.3 Å². The number of halogens is 1. The number of nitrogens with one attached hydrogen (secondary N) is 1. The van der Waals surface area contributed by atoms with E-state index in [-0.39, 0.29) is 23.3 Å². The van der Waals surface area contributed by atoms with Crippen LogP contribution in [0.1, 0.15) is 18.4 Å². The first-order valence-corrected chi connectivity index (χ1v) is 11.0. The van der Waals surface area contributed by atoms with E-state index in [0.717, 1.165) is 14.8 Å². The average molecular weight is 484 g/mol. The second-order valence-corrected chi connectivity index (χ2v) is 9.70. The second kappa shape index (κ2) is 8.06. The molecule has 1 unspecified atom stereocenters. The summed E-state index contributed by atoms with van der Waals surface area (Å²) in [7, 11) is -3.57. The number of hydrogen-bond donors (Lipinski definition) is 1. The van der Waals surface area contributed by atoms with E-state index in [1.54, 1.807) is 24.3 Å². The van der Waals surface area contributed by atoms with Crippen LogP contribution in [0, 0.1) is 16.4 Å². The van der Waals surface area contributed by atoms with Gasteiger partial charge < -0.3 is 5.32 Å². The number of nitrogens with zero attached hydrogens (tertiary/aromatic N) is 1. The molecule has 1 atom stereocenters. The molecule has 7 heteroatoms. The number of aryl methyl sites for hydroxylation is 1. The minimum absolute atomic E-state index is 0.129. The lowest BCUT2D eigenvalue weighted by Gasteiger charge is -2.31. The van der Waals surface area contributed by atoms with Gasteiger partial charge in [0.05, 0.1) is 10.8 Å². The van der Waals surface area contributed by atoms with Crippen molar-refractivity contribution in [2.24, 2.45) is 5.92 Å². The number of anilines is 1. The standard InChI is InChI=1S/C19H21IN2O3S/c1-14-7-9-18(10-8-14)26(24,25)22-11-3-4-15(13-22)19(23)21-17-6-2-5-16(20)12-17/h2,5-10,12,15H,3-4,11,13H2,1H3,(H,21,23). The molecule has 1 saturated heterocycles. The summed E-state index contributed by atoms with van der Waals surface area (Å²) in [5.41, 5.74) is 1.75. The molecular weight excluding hydrogens is 463 g/mol. The van der Waals surface area contributed by atoms with Gasteiger partial charge in [-0.1, -0.05) is 23.8 Å². The van der Waals surface area contributed by atoms with Crippen molar-refractivity contribution in [3.63, 3.8) is 0 Å². The summed E-state index contributed by atoms with van der Waals surface area (Å²) in [5, 5.41) is 2.91. The summed E-state index contributed by atoms with van der Waals surface area (Å²) >= 11 is 2.19. The first kappa shape index (κ1) is 19.3. The predicted octanol–water partition coefficient (Wildman–Crippen LogP) is 3.64. The van der Waals surface area contributed by atoms with Crippen molar-refractivity contribution in [1.29, 1.82) is 0 Å². The molecule has 5 nitrogen and oxygen atoms in total. The quantitative estimate of drug-likeness (QED) is 0.675. The molecule has 1 amide bonds. The summed E-state index contributed by atoms with van der Waals surface area (Å²) in [6, 6.07) is 14.4. The highest BCUT2D eigenvalue weighted by Gasteiger charge is 2.33. The van der Waals surface area contributed by atoms with Crippen LogP contribution < -0.4 is 5.32 Å². The van der Waals surface area contributed by atoms with Crippen LogP contribution in [-0.2, 0) is 14.8 Å². The summed E-state index contributed by atoms with van der Waals surface area (Å²) in [5.74, 6) is -0.474. The van der Waals surface area contributed by atoms with E-state index in [2.05, 4.69) is 27.9 Å². The van der Waals surface area contributed by atoms with Crippen molar-refractivity contribution >= 4 is 44.2 Å². The molecular formula is C19H21IN2O3S. The Kier molecular flexibility index (Phi) is 5.99. The molecule has 0 saturated carbocycles. The molecule has 1 aliphatic heterocycles. The molecule has 1 fully saturated rings. The first-order chi connectivity index (χ1) is 12.4. The molecule has 0 aliphatic carbocycles. The minimum Gasteiger partial charge on any atom is -0.326 e. The van der Waals surface area contributed by atoms with E-state index in [0.29, 0.717) is 19.4 Å². The highest BCUT2D eigenvalue weighted by atomic mass is 127. The topological polar surface area (TPSA) is 66.5 Å². The van der Waals surface area contributed by atoms with E-state index in [1.807, 2.05) is 31.2 Å². The Morgan fingerprint density at radius 1 is 1.19 bits per heavy atom. The van der Waals surface area contributed by atoms with Gasteiger partial charge in [-0.3, -0.25) is 4.79 Å². The maximum absolute atomic E-state index is 12.9. The Hall–Kier alpha value is -1.45. The lowest BCUT2D eigenvalue weighted by molar-refractivity contribution is -0.120. The molecule has 2 aromatic rings. The van der Waals surface area contributed by atoms with Crippen molar-refractivity contribution in [3.8, 4) is 0 Å². The zero-order valence-corrected chi connectivity index (χ0v) is 17.5. The molecule has 1 N–H and O–H groups in total. The molecule has 0 radical (unpaired) electrons. The average Bonchev–Trinajstić information content (AvgIpc) is 2.62. The van der Waals surface area contributed by atoms with E-state index in [4.69, 9.17) is 0 Å². The van der Waals surface area contributed by atoms with E-state index in [9.17, 15) is 13.2 Å². The molecule has 0 spiro atoms. The lowest BCUT2D eigenvalue weighted by atomic mass is 9.99. The number of hydrogen-bond acceptors (Lipinski definition) is 3. The Morgan fingerprint density at radius 3 is 2.62 bits per heavy atom. The van der Waals surface area contributed by atoms with Crippen LogP contribution in [-0.4, -0.2) is 31.7 Å². The third-order valence-electron chi connectivity index (χ3n) is 4.51. The Bertz CT molecular complexity index is 897. The first-order valence-electron chi connectivity index (χ1n) is 8.49. The predicted molar refractivity (Wildman–Crippen MR) is 110 cm³/mol. The molecule has 1 aliphatic rings. The van der Waals surface area contributed by atoms with E-state index < -0.39 is 10.0 Å². The van der Waals surface area contributed by atoms with Gasteiger partial charge in [0.2, 0.25) is 15.9 Å². The zero-order chi connectivity index (χ0) is 18.7. The van der Waals surface area contributed by atoms with Crippen LogP contribution in [0.15, 0.2) is 53.4 Å². The third-order valence-corrected chi connectivity index (χ3v) is 7.06. The molecule has 26 heavy (non-hydrogen) atoms. The molecule has 138 valence electrons. The van der Waals surface area contributed by atoms with Crippen molar-refractivity contribution in [2.75, 3.05) is 18.4 Å². The molecule has 3 rings (SSSR count). The van der Waals surface area contributed by atoms with Gasteiger partial charge in [-0.15, -0.1) is 0 Å². The molecule has 2 aromatic carbocycles. The number of piperidine rings is 1. The number of benzene rings is 2. The minimum atomic E-state index is -3.57. The maximum Gasteiger partial charge on any atom is 0.243 e. The molecule has 1 heterocycles. The van der Waals surface area contributed by atoms with Crippen molar-refractivity contribution in [3.05, 3.63) is 57.7 Å². The smallest absolute Gasteiger partial charge is 0.243 e. The maximum atomic E-state index is 12.9. The summed E-state index contributed by atoms with van der Waals surface area (Å²) in [4.78, 5) is 12.9. The number of carbonyl (C=O) groups is 1. The van der Waals surface area contributed by atoms with Crippen molar-refractivity contribution in [1.82, 2.24) is 4.31 Å². The van der Waals surface area contributed by atoms with Gasteiger partial charge in [0.15, 0.2) is 0 Å². The monoisotopic (exact) mass is 484 g/mol. The number of carbonyl (C=O) groups excluding carboxylic acids is 1. The Morgan fingerprint density at radius 2 is 1.92 bits per heavy atom. The Balaban J connectivity index is 1.72. The van der Waals surface area contributed by atoms with Crippen LogP contribution in [0.25, 0.3) is 0 Å². The van der Waals surface area contributed by atoms with Crippen molar-refractivity contribution < 1.29 is 13.2 Å². The fraction of sp³-hybridized carbons (Fsp3) is 0.316. The van der Waals surface area contributed by atoms with Gasteiger partial charge in [-0.05, 0) is 72.7 Å². The zero-order valence-electron chi connectivity index (χ0n) is 14.5. The van der Waals surface area contributed by atoms with Gasteiger partial charge in [-0.25, -0.2) is 8.42 Å². The third kappa shape index (κ3) is 4.44. The fourth-order valence-electron chi connectivity index (χ4n) is 3.04. The SMILES string of the molecule is Cc1ccc(S(=O)(=O)N2CCCC(C(=O)Nc3cccc(I)c3)C2)cc1. The van der Waals surface area contributed by atoms with Crippen molar-refractivity contribution in [2.45, 2.75) is 24.7 Å². The van der Waals surface area contributed by atoms with Gasteiger partial charge in [0.1, 0.15) is 0 Å². The number of sulfonamides is 1. The van der Waals surface area contributed by atoms with E-state index >= 15 is 0 Å². The summed E-state index contributed by atoms with van der Waals surface area (Å²) in [6.45, 7) is 2.58. The largest absolute Gasteiger partial charge is 0.326 e. The second-order valence-electron chi connectivity index (χ2n) is 6.51. The van der Waals surface area contributed by atoms with Crippen LogP contribution >= 0.6 is 22.6 Å².